The summed E-state index contributed by atoms with van der Waals surface area (Å²) in [6, 6.07) is 10.4. The Hall–Kier alpha value is -2.73. The molecule has 0 radical (unpaired) electrons. The summed E-state index contributed by atoms with van der Waals surface area (Å²) in [7, 11) is 3.07. The molecule has 7 heteroatoms. The molecule has 0 aromatic heterocycles. The first-order chi connectivity index (χ1) is 12.8. The Bertz CT molecular complexity index is 839. The van der Waals surface area contributed by atoms with Gasteiger partial charge in [-0.05, 0) is 42.8 Å². The van der Waals surface area contributed by atoms with Crippen LogP contribution in [0.3, 0.4) is 0 Å². The molecule has 0 heterocycles. The smallest absolute Gasteiger partial charge is 0.226 e. The highest BCUT2D eigenvalue weighted by molar-refractivity contribution is 6.30. The molecule has 144 valence electrons. The van der Waals surface area contributed by atoms with Gasteiger partial charge in [0.25, 0.3) is 0 Å². The maximum absolute atomic E-state index is 12.3. The van der Waals surface area contributed by atoms with Gasteiger partial charge in [0.1, 0.15) is 11.5 Å². The highest BCUT2D eigenvalue weighted by atomic mass is 35.5. The fourth-order valence-electron chi connectivity index (χ4n) is 2.65. The van der Waals surface area contributed by atoms with Gasteiger partial charge in [0.15, 0.2) is 0 Å². The number of halogens is 1. The number of ether oxygens (including phenoxy) is 2. The molecule has 2 rings (SSSR count). The first-order valence-electron chi connectivity index (χ1n) is 8.42. The van der Waals surface area contributed by atoms with Crippen LogP contribution < -0.4 is 19.7 Å². The third-order valence-electron chi connectivity index (χ3n) is 4.08. The van der Waals surface area contributed by atoms with Crippen LogP contribution in [0.5, 0.6) is 11.5 Å². The lowest BCUT2D eigenvalue weighted by molar-refractivity contribution is -0.117. The van der Waals surface area contributed by atoms with Crippen LogP contribution in [0.4, 0.5) is 11.4 Å². The topological polar surface area (TPSA) is 67.9 Å². The second-order valence-electron chi connectivity index (χ2n) is 5.97. The maximum Gasteiger partial charge on any atom is 0.226 e. The van der Waals surface area contributed by atoms with Gasteiger partial charge in [0.05, 0.1) is 19.9 Å². The molecule has 1 N–H and O–H groups in total. The summed E-state index contributed by atoms with van der Waals surface area (Å²) >= 11 is 5.93. The zero-order chi connectivity index (χ0) is 20.0. The van der Waals surface area contributed by atoms with Crippen molar-refractivity contribution in [1.82, 2.24) is 0 Å². The summed E-state index contributed by atoms with van der Waals surface area (Å²) in [4.78, 5) is 26.0. The summed E-state index contributed by atoms with van der Waals surface area (Å²) in [6.45, 7) is 3.52. The van der Waals surface area contributed by atoms with Gasteiger partial charge in [-0.2, -0.15) is 0 Å². The summed E-state index contributed by atoms with van der Waals surface area (Å²) in [6.07, 6.45) is 0.127. The number of aryl methyl sites for hydroxylation is 1. The van der Waals surface area contributed by atoms with E-state index in [9.17, 15) is 9.59 Å². The summed E-state index contributed by atoms with van der Waals surface area (Å²) in [5.41, 5.74) is 2.12. The van der Waals surface area contributed by atoms with E-state index in [2.05, 4.69) is 5.32 Å². The number of nitrogens with zero attached hydrogens (tertiary/aromatic N) is 1. The van der Waals surface area contributed by atoms with E-state index in [1.165, 1.54) is 18.9 Å². The molecule has 0 spiro atoms. The molecule has 2 aromatic carbocycles. The van der Waals surface area contributed by atoms with Gasteiger partial charge in [-0.15, -0.1) is 0 Å². The number of carbonyl (C=O) groups excluding carboxylic acids is 2. The number of methoxy groups -OCH3 is 2. The number of benzene rings is 2. The van der Waals surface area contributed by atoms with Crippen molar-refractivity contribution in [2.24, 2.45) is 0 Å². The minimum Gasteiger partial charge on any atom is -0.497 e. The normalized spacial score (nSPS) is 10.3. The van der Waals surface area contributed by atoms with Crippen molar-refractivity contribution < 1.29 is 19.1 Å². The van der Waals surface area contributed by atoms with Gasteiger partial charge in [-0.1, -0.05) is 11.6 Å². The van der Waals surface area contributed by atoms with Gasteiger partial charge in [0.2, 0.25) is 11.8 Å². The van der Waals surface area contributed by atoms with Crippen molar-refractivity contribution in [3.05, 3.63) is 47.0 Å². The predicted octanol–water partition coefficient (Wildman–Crippen LogP) is 4.05. The average Bonchev–Trinajstić information content (AvgIpc) is 2.63. The van der Waals surface area contributed by atoms with Crippen molar-refractivity contribution in [2.75, 3.05) is 31.0 Å². The Morgan fingerprint density at radius 1 is 1.11 bits per heavy atom. The molecule has 0 saturated heterocycles. The van der Waals surface area contributed by atoms with Crippen LogP contribution in [0.25, 0.3) is 0 Å². The molecule has 0 saturated carbocycles. The fraction of sp³-hybridized carbons (Fsp3) is 0.300. The molecule has 27 heavy (non-hydrogen) atoms. The largest absolute Gasteiger partial charge is 0.497 e. The van der Waals surface area contributed by atoms with Crippen LogP contribution in [0.1, 0.15) is 18.9 Å². The number of rotatable bonds is 7. The third-order valence-corrected chi connectivity index (χ3v) is 4.32. The van der Waals surface area contributed by atoms with Crippen molar-refractivity contribution in [2.45, 2.75) is 20.3 Å². The van der Waals surface area contributed by atoms with Gasteiger partial charge in [0, 0.05) is 36.7 Å². The molecule has 2 amide bonds. The van der Waals surface area contributed by atoms with Gasteiger partial charge >= 0.3 is 0 Å². The quantitative estimate of drug-likeness (QED) is 0.774. The van der Waals surface area contributed by atoms with E-state index in [0.29, 0.717) is 27.9 Å². The second-order valence-corrected chi connectivity index (χ2v) is 6.40. The highest BCUT2D eigenvalue weighted by Crippen LogP contribution is 2.32. The Kier molecular flexibility index (Phi) is 7.07. The summed E-state index contributed by atoms with van der Waals surface area (Å²) < 4.78 is 10.6. The van der Waals surface area contributed by atoms with E-state index in [-0.39, 0.29) is 24.8 Å². The van der Waals surface area contributed by atoms with E-state index < -0.39 is 0 Å². The fourth-order valence-corrected chi connectivity index (χ4v) is 2.88. The zero-order valence-corrected chi connectivity index (χ0v) is 16.6. The molecule has 0 atom stereocenters. The highest BCUT2D eigenvalue weighted by Gasteiger charge is 2.18. The summed E-state index contributed by atoms with van der Waals surface area (Å²) in [5.74, 6) is 0.726. The molecular weight excluding hydrogens is 368 g/mol. The van der Waals surface area contributed by atoms with E-state index in [1.807, 2.05) is 6.92 Å². The maximum atomic E-state index is 12.3. The van der Waals surface area contributed by atoms with E-state index in [4.69, 9.17) is 21.1 Å². The number of hydrogen-bond acceptors (Lipinski definition) is 4. The lowest BCUT2D eigenvalue weighted by atomic mass is 10.2. The Balaban J connectivity index is 2.13. The molecule has 0 unspecified atom stereocenters. The molecule has 0 fully saturated rings. The van der Waals surface area contributed by atoms with E-state index in [1.54, 1.807) is 43.5 Å². The molecule has 6 nitrogen and oxygen atoms in total. The number of carbonyl (C=O) groups is 2. The van der Waals surface area contributed by atoms with Gasteiger partial charge < -0.3 is 19.7 Å². The lowest BCUT2D eigenvalue weighted by Gasteiger charge is -2.23. The minimum absolute atomic E-state index is 0.127. The van der Waals surface area contributed by atoms with Crippen LogP contribution in [-0.4, -0.2) is 32.6 Å². The Morgan fingerprint density at radius 2 is 1.85 bits per heavy atom. The molecule has 0 aliphatic carbocycles. The SMILES string of the molecule is COc1ccc(OC)c(N(CCC(=O)Nc2ccc(Cl)cc2C)C(C)=O)c1. The van der Waals surface area contributed by atoms with Crippen LogP contribution in [-0.2, 0) is 9.59 Å². The van der Waals surface area contributed by atoms with Crippen LogP contribution in [0, 0.1) is 6.92 Å². The standard InChI is InChI=1S/C20H23ClN2O4/c1-13-11-15(21)5-7-17(13)22-20(25)9-10-23(14(2)24)18-12-16(26-3)6-8-19(18)27-4/h5-8,11-12H,9-10H2,1-4H3,(H,22,25). The number of hydrogen-bond donors (Lipinski definition) is 1. The van der Waals surface area contributed by atoms with Crippen LogP contribution in [0.15, 0.2) is 36.4 Å². The monoisotopic (exact) mass is 390 g/mol. The Labute approximate surface area is 164 Å². The number of nitrogens with one attached hydrogen (secondary N) is 1. The summed E-state index contributed by atoms with van der Waals surface area (Å²) in [5, 5.41) is 3.45. The van der Waals surface area contributed by atoms with Crippen molar-refractivity contribution >= 4 is 34.8 Å². The number of amides is 2. The molecular formula is C20H23ClN2O4. The van der Waals surface area contributed by atoms with Crippen molar-refractivity contribution in [3.63, 3.8) is 0 Å². The van der Waals surface area contributed by atoms with E-state index in [0.717, 1.165) is 5.56 Å². The first kappa shape index (κ1) is 20.6. The van der Waals surface area contributed by atoms with Crippen LogP contribution >= 0.6 is 11.6 Å². The Morgan fingerprint density at radius 3 is 2.44 bits per heavy atom. The van der Waals surface area contributed by atoms with E-state index >= 15 is 0 Å². The molecule has 0 bridgehead atoms. The van der Waals surface area contributed by atoms with Gasteiger partial charge in [-0.25, -0.2) is 0 Å². The van der Waals surface area contributed by atoms with Crippen LogP contribution in [0.2, 0.25) is 5.02 Å². The average molecular weight is 391 g/mol. The van der Waals surface area contributed by atoms with Gasteiger partial charge in [-0.3, -0.25) is 9.59 Å². The van der Waals surface area contributed by atoms with Crippen molar-refractivity contribution in [3.8, 4) is 11.5 Å². The minimum atomic E-state index is -0.200. The first-order valence-corrected chi connectivity index (χ1v) is 8.79. The zero-order valence-electron chi connectivity index (χ0n) is 15.8. The predicted molar refractivity (Wildman–Crippen MR) is 107 cm³/mol. The lowest BCUT2D eigenvalue weighted by Crippen LogP contribution is -2.32. The second kappa shape index (κ2) is 9.28. The molecule has 0 aliphatic heterocycles. The molecule has 0 aliphatic rings. The third kappa shape index (κ3) is 5.37. The number of anilines is 2. The van der Waals surface area contributed by atoms with Crippen molar-refractivity contribution in [1.29, 1.82) is 0 Å². The molecule has 2 aromatic rings.